The number of carbonyl (C=O) groups excluding carboxylic acids is 2. The van der Waals surface area contributed by atoms with E-state index in [0.717, 1.165) is 0 Å². The third kappa shape index (κ3) is 5.08. The molecule has 0 aromatic heterocycles. The third-order valence-electron chi connectivity index (χ3n) is 4.26. The molecular formula is C17H31NO5Si. The van der Waals surface area contributed by atoms with Crippen LogP contribution >= 0.6 is 0 Å². The molecule has 0 aromatic rings. The second-order valence-corrected chi connectivity index (χ2v) is 13.3. The highest BCUT2D eigenvalue weighted by molar-refractivity contribution is 6.74. The zero-order chi connectivity index (χ0) is 18.9. The number of hydrogen-bond acceptors (Lipinski definition) is 5. The Labute approximate surface area is 146 Å². The summed E-state index contributed by atoms with van der Waals surface area (Å²) in [6, 6.07) is 0. The lowest BCUT2D eigenvalue weighted by atomic mass is 10.2. The highest BCUT2D eigenvalue weighted by atomic mass is 28.4. The molecule has 0 unspecified atom stereocenters. The first kappa shape index (κ1) is 20.7. The highest BCUT2D eigenvalue weighted by Gasteiger charge is 2.43. The monoisotopic (exact) mass is 357 g/mol. The second-order valence-electron chi connectivity index (χ2n) is 8.55. The molecule has 7 heteroatoms. The molecule has 1 rings (SSSR count). The lowest BCUT2D eigenvalue weighted by molar-refractivity contribution is -0.137. The normalized spacial score (nSPS) is 19.1. The van der Waals surface area contributed by atoms with E-state index < -0.39 is 26.0 Å². The molecular weight excluding hydrogens is 326 g/mol. The van der Waals surface area contributed by atoms with E-state index in [1.807, 2.05) is 0 Å². The van der Waals surface area contributed by atoms with E-state index in [1.165, 1.54) is 12.0 Å². The number of nitrogens with zero attached hydrogens (tertiary/aromatic N) is 1. The summed E-state index contributed by atoms with van der Waals surface area (Å²) in [7, 11) is -0.741. The van der Waals surface area contributed by atoms with Gasteiger partial charge in [0.05, 0.1) is 19.8 Å². The maximum Gasteiger partial charge on any atom is 0.415 e. The van der Waals surface area contributed by atoms with Gasteiger partial charge in [-0.2, -0.15) is 0 Å². The Morgan fingerprint density at radius 2 is 1.71 bits per heavy atom. The van der Waals surface area contributed by atoms with E-state index in [9.17, 15) is 9.59 Å². The largest absolute Gasteiger partial charge is 0.464 e. The lowest BCUT2D eigenvalue weighted by Crippen LogP contribution is -2.45. The fourth-order valence-corrected chi connectivity index (χ4v) is 3.25. The highest BCUT2D eigenvalue weighted by Crippen LogP contribution is 2.38. The molecule has 1 amide bonds. The SMILES string of the molecule is COC(=O)C1=C[C@@H](O[Si](C)(C)C(C)(C)C)CN1C(=O)OC(C)(C)C. The lowest BCUT2D eigenvalue weighted by Gasteiger charge is -2.38. The van der Waals surface area contributed by atoms with Gasteiger partial charge in [-0.1, -0.05) is 20.8 Å². The first-order valence-corrected chi connectivity index (χ1v) is 11.1. The van der Waals surface area contributed by atoms with Crippen molar-refractivity contribution in [3.8, 4) is 0 Å². The van der Waals surface area contributed by atoms with Crippen LogP contribution in [0, 0.1) is 0 Å². The van der Waals surface area contributed by atoms with E-state index >= 15 is 0 Å². The van der Waals surface area contributed by atoms with Gasteiger partial charge in [-0.05, 0) is 45.0 Å². The van der Waals surface area contributed by atoms with E-state index in [1.54, 1.807) is 26.8 Å². The Kier molecular flexibility index (Phi) is 5.93. The number of ether oxygens (including phenoxy) is 2. The molecule has 0 fully saturated rings. The van der Waals surface area contributed by atoms with Crippen molar-refractivity contribution >= 4 is 20.4 Å². The third-order valence-corrected chi connectivity index (χ3v) is 8.76. The maximum atomic E-state index is 12.4. The predicted octanol–water partition coefficient (Wildman–Crippen LogP) is 3.68. The van der Waals surface area contributed by atoms with Gasteiger partial charge < -0.3 is 13.9 Å². The van der Waals surface area contributed by atoms with Crippen molar-refractivity contribution in [2.45, 2.75) is 71.4 Å². The van der Waals surface area contributed by atoms with E-state index in [2.05, 4.69) is 33.9 Å². The molecule has 6 nitrogen and oxygen atoms in total. The van der Waals surface area contributed by atoms with E-state index in [-0.39, 0.29) is 23.4 Å². The quantitative estimate of drug-likeness (QED) is 0.569. The Balaban J connectivity index is 3.00. The van der Waals surface area contributed by atoms with Gasteiger partial charge in [-0.3, -0.25) is 4.90 Å². The van der Waals surface area contributed by atoms with Crippen LogP contribution in [-0.4, -0.2) is 50.6 Å². The van der Waals surface area contributed by atoms with Crippen LogP contribution in [-0.2, 0) is 18.7 Å². The molecule has 0 N–H and O–H groups in total. The molecule has 0 saturated carbocycles. The summed E-state index contributed by atoms with van der Waals surface area (Å²) in [6.45, 7) is 16.3. The minimum atomic E-state index is -2.03. The molecule has 0 spiro atoms. The van der Waals surface area contributed by atoms with Gasteiger partial charge in [-0.15, -0.1) is 0 Å². The number of methoxy groups -OCH3 is 1. The number of rotatable bonds is 3. The van der Waals surface area contributed by atoms with Gasteiger partial charge in [0, 0.05) is 0 Å². The van der Waals surface area contributed by atoms with Crippen molar-refractivity contribution in [1.82, 2.24) is 4.90 Å². The first-order valence-electron chi connectivity index (χ1n) is 8.16. The van der Waals surface area contributed by atoms with Crippen molar-refractivity contribution in [3.05, 3.63) is 11.8 Å². The molecule has 0 radical (unpaired) electrons. The van der Waals surface area contributed by atoms with Gasteiger partial charge in [-0.25, -0.2) is 9.59 Å². The fraction of sp³-hybridized carbons (Fsp3) is 0.765. The van der Waals surface area contributed by atoms with Crippen LogP contribution in [0.1, 0.15) is 41.5 Å². The average molecular weight is 358 g/mol. The van der Waals surface area contributed by atoms with Crippen molar-refractivity contribution in [2.24, 2.45) is 0 Å². The zero-order valence-corrected chi connectivity index (χ0v) is 17.4. The molecule has 0 bridgehead atoms. The van der Waals surface area contributed by atoms with Crippen LogP contribution in [0.5, 0.6) is 0 Å². The molecule has 0 saturated heterocycles. The first-order chi connectivity index (χ1) is 10.7. The van der Waals surface area contributed by atoms with Crippen LogP contribution in [0.25, 0.3) is 0 Å². The summed E-state index contributed by atoms with van der Waals surface area (Å²) in [4.78, 5) is 25.7. The standard InChI is InChI=1S/C17H31NO5Si/c1-16(2,3)22-15(20)18-11-12(10-13(18)14(19)21-7)23-24(8,9)17(4,5)6/h10,12H,11H2,1-9H3/t12-/m1/s1. The summed E-state index contributed by atoms with van der Waals surface area (Å²) in [6.07, 6.45) is 0.754. The number of carbonyl (C=O) groups is 2. The van der Waals surface area contributed by atoms with E-state index in [4.69, 9.17) is 13.9 Å². The van der Waals surface area contributed by atoms with Crippen molar-refractivity contribution in [2.75, 3.05) is 13.7 Å². The van der Waals surface area contributed by atoms with Crippen LogP contribution in [0.4, 0.5) is 4.79 Å². The van der Waals surface area contributed by atoms with Crippen LogP contribution in [0.2, 0.25) is 18.1 Å². The second kappa shape index (κ2) is 6.88. The van der Waals surface area contributed by atoms with Crippen molar-refractivity contribution in [1.29, 1.82) is 0 Å². The molecule has 138 valence electrons. The number of amides is 1. The molecule has 1 heterocycles. The molecule has 0 aliphatic carbocycles. The topological polar surface area (TPSA) is 65.1 Å². The predicted molar refractivity (Wildman–Crippen MR) is 95.1 cm³/mol. The fourth-order valence-electron chi connectivity index (χ4n) is 2.00. The molecule has 24 heavy (non-hydrogen) atoms. The zero-order valence-electron chi connectivity index (χ0n) is 16.4. The molecule has 1 atom stereocenters. The molecule has 1 aliphatic heterocycles. The summed E-state index contributed by atoms with van der Waals surface area (Å²) < 4.78 is 16.5. The van der Waals surface area contributed by atoms with Crippen molar-refractivity contribution < 1.29 is 23.5 Å². The van der Waals surface area contributed by atoms with Crippen molar-refractivity contribution in [3.63, 3.8) is 0 Å². The van der Waals surface area contributed by atoms with Crippen LogP contribution < -0.4 is 0 Å². The van der Waals surface area contributed by atoms with Gasteiger partial charge in [0.15, 0.2) is 8.32 Å². The van der Waals surface area contributed by atoms with Gasteiger partial charge >= 0.3 is 12.1 Å². The molecule has 1 aliphatic rings. The van der Waals surface area contributed by atoms with E-state index in [0.29, 0.717) is 0 Å². The Morgan fingerprint density at radius 1 is 1.17 bits per heavy atom. The Morgan fingerprint density at radius 3 is 2.12 bits per heavy atom. The smallest absolute Gasteiger partial charge is 0.415 e. The summed E-state index contributed by atoms with van der Waals surface area (Å²) in [5.74, 6) is -0.567. The van der Waals surface area contributed by atoms with Crippen LogP contribution in [0.15, 0.2) is 11.8 Å². The summed E-state index contributed by atoms with van der Waals surface area (Å²) in [5.41, 5.74) is -0.466. The van der Waals surface area contributed by atoms with Crippen LogP contribution in [0.3, 0.4) is 0 Å². The molecule has 0 aromatic carbocycles. The minimum absolute atomic E-state index is 0.0333. The Bertz CT molecular complexity index is 528. The van der Waals surface area contributed by atoms with Gasteiger partial charge in [0.1, 0.15) is 11.3 Å². The minimum Gasteiger partial charge on any atom is -0.464 e. The summed E-state index contributed by atoms with van der Waals surface area (Å²) >= 11 is 0. The Hall–Kier alpha value is -1.34. The number of hydrogen-bond donors (Lipinski definition) is 0. The van der Waals surface area contributed by atoms with Gasteiger partial charge in [0.2, 0.25) is 0 Å². The number of esters is 1. The average Bonchev–Trinajstić information content (AvgIpc) is 2.77. The summed E-state index contributed by atoms with van der Waals surface area (Å²) in [5, 5.41) is 0.0333. The maximum absolute atomic E-state index is 12.4. The van der Waals surface area contributed by atoms with Gasteiger partial charge in [0.25, 0.3) is 0 Å².